The second kappa shape index (κ2) is 7.86. The van der Waals surface area contributed by atoms with Crippen molar-refractivity contribution in [2.75, 3.05) is 0 Å². The molecule has 0 aromatic rings. The number of Topliss-reactive ketones (excluding diaryl/α,β-unsaturated/α-hetero) is 1. The van der Waals surface area contributed by atoms with E-state index in [1.165, 1.54) is 44.9 Å². The average Bonchev–Trinajstić information content (AvgIpc) is 2.22. The lowest BCUT2D eigenvalue weighted by Crippen LogP contribution is -2.20. The molecule has 0 aliphatic heterocycles. The summed E-state index contributed by atoms with van der Waals surface area (Å²) >= 11 is 0. The molecule has 1 nitrogen and oxygen atoms in total. The molecular formula is C15H28O. The Morgan fingerprint density at radius 1 is 0.875 bits per heavy atom. The van der Waals surface area contributed by atoms with Gasteiger partial charge in [0.2, 0.25) is 0 Å². The number of rotatable bonds is 1. The van der Waals surface area contributed by atoms with E-state index in [0.717, 1.165) is 19.3 Å². The van der Waals surface area contributed by atoms with E-state index in [0.29, 0.717) is 17.6 Å². The van der Waals surface area contributed by atoms with Gasteiger partial charge >= 0.3 is 0 Å². The molecule has 0 N–H and O–H groups in total. The van der Waals surface area contributed by atoms with Crippen LogP contribution in [-0.2, 0) is 4.79 Å². The normalized spacial score (nSPS) is 26.2. The van der Waals surface area contributed by atoms with Crippen LogP contribution in [0.4, 0.5) is 0 Å². The van der Waals surface area contributed by atoms with Crippen molar-refractivity contribution in [1.29, 1.82) is 0 Å². The molecule has 0 spiro atoms. The summed E-state index contributed by atoms with van der Waals surface area (Å²) in [7, 11) is 0. The number of ketones is 1. The maximum absolute atomic E-state index is 12.1. The highest BCUT2D eigenvalue weighted by Gasteiger charge is 2.20. The first-order valence-corrected chi connectivity index (χ1v) is 7.24. The lowest BCUT2D eigenvalue weighted by molar-refractivity contribution is -0.124. The summed E-state index contributed by atoms with van der Waals surface area (Å²) in [5.41, 5.74) is 0. The molecule has 1 aliphatic rings. The Hall–Kier alpha value is -0.330. The Labute approximate surface area is 101 Å². The predicted molar refractivity (Wildman–Crippen MR) is 69.5 cm³/mol. The molecule has 0 amide bonds. The van der Waals surface area contributed by atoms with E-state index in [4.69, 9.17) is 0 Å². The van der Waals surface area contributed by atoms with Crippen molar-refractivity contribution in [1.82, 2.24) is 0 Å². The van der Waals surface area contributed by atoms with Crippen molar-refractivity contribution in [3.8, 4) is 0 Å². The van der Waals surface area contributed by atoms with E-state index in [1.54, 1.807) is 0 Å². The zero-order valence-electron chi connectivity index (χ0n) is 11.1. The van der Waals surface area contributed by atoms with Crippen LogP contribution in [0.5, 0.6) is 0 Å². The third-order valence-electron chi connectivity index (χ3n) is 3.91. The maximum atomic E-state index is 12.1. The van der Waals surface area contributed by atoms with Gasteiger partial charge in [-0.3, -0.25) is 4.79 Å². The van der Waals surface area contributed by atoms with Crippen LogP contribution >= 0.6 is 0 Å². The Morgan fingerprint density at radius 3 is 1.94 bits per heavy atom. The van der Waals surface area contributed by atoms with Crippen molar-refractivity contribution in [2.24, 2.45) is 11.8 Å². The highest BCUT2D eigenvalue weighted by atomic mass is 16.1. The average molecular weight is 224 g/mol. The summed E-state index contributed by atoms with van der Waals surface area (Å²) < 4.78 is 0. The van der Waals surface area contributed by atoms with Gasteiger partial charge in [0.15, 0.2) is 0 Å². The molecule has 1 unspecified atom stereocenters. The minimum Gasteiger partial charge on any atom is -0.299 e. The van der Waals surface area contributed by atoms with E-state index in [2.05, 4.69) is 13.8 Å². The zero-order valence-corrected chi connectivity index (χ0v) is 11.1. The lowest BCUT2D eigenvalue weighted by Gasteiger charge is -2.20. The highest BCUT2D eigenvalue weighted by molar-refractivity contribution is 5.81. The predicted octanol–water partition coefficient (Wildman–Crippen LogP) is 4.74. The number of carbonyl (C=O) groups excluding carboxylic acids is 1. The monoisotopic (exact) mass is 224 g/mol. The van der Waals surface area contributed by atoms with E-state index in [1.807, 2.05) is 0 Å². The Bertz CT molecular complexity index is 196. The molecule has 1 rings (SSSR count). The molecule has 1 fully saturated rings. The van der Waals surface area contributed by atoms with E-state index >= 15 is 0 Å². The van der Waals surface area contributed by atoms with E-state index < -0.39 is 0 Å². The van der Waals surface area contributed by atoms with Crippen LogP contribution in [0.3, 0.4) is 0 Å². The summed E-state index contributed by atoms with van der Waals surface area (Å²) in [4.78, 5) is 12.1. The Morgan fingerprint density at radius 2 is 1.38 bits per heavy atom. The lowest BCUT2D eigenvalue weighted by atomic mass is 9.84. The molecule has 0 saturated heterocycles. The van der Waals surface area contributed by atoms with Crippen LogP contribution in [0.15, 0.2) is 0 Å². The molecule has 94 valence electrons. The van der Waals surface area contributed by atoms with Crippen molar-refractivity contribution in [3.63, 3.8) is 0 Å². The third-order valence-corrected chi connectivity index (χ3v) is 3.91. The molecule has 1 saturated carbocycles. The smallest absolute Gasteiger partial charge is 0.136 e. The Balaban J connectivity index is 2.43. The number of hydrogen-bond acceptors (Lipinski definition) is 1. The Kier molecular flexibility index (Phi) is 6.75. The van der Waals surface area contributed by atoms with Crippen LogP contribution in [0.25, 0.3) is 0 Å². The first-order chi connectivity index (χ1) is 7.72. The molecule has 0 heterocycles. The van der Waals surface area contributed by atoms with Gasteiger partial charge in [-0.05, 0) is 18.8 Å². The fraction of sp³-hybridized carbons (Fsp3) is 0.933. The van der Waals surface area contributed by atoms with Crippen molar-refractivity contribution < 1.29 is 4.79 Å². The van der Waals surface area contributed by atoms with Gasteiger partial charge in [0, 0.05) is 12.3 Å². The molecule has 0 aromatic heterocycles. The van der Waals surface area contributed by atoms with Crippen molar-refractivity contribution in [3.05, 3.63) is 0 Å². The van der Waals surface area contributed by atoms with Gasteiger partial charge in [-0.2, -0.15) is 0 Å². The SMILES string of the molecule is CC(C)C1CCCCCCCCCCC1=O. The summed E-state index contributed by atoms with van der Waals surface area (Å²) in [5.74, 6) is 1.42. The molecule has 1 heteroatoms. The molecule has 0 aromatic carbocycles. The molecule has 1 aliphatic carbocycles. The summed E-state index contributed by atoms with van der Waals surface area (Å²) in [6.07, 6.45) is 12.4. The topological polar surface area (TPSA) is 17.1 Å². The largest absolute Gasteiger partial charge is 0.299 e. The van der Waals surface area contributed by atoms with E-state index in [9.17, 15) is 4.79 Å². The number of carbonyl (C=O) groups is 1. The van der Waals surface area contributed by atoms with Crippen LogP contribution in [0, 0.1) is 11.8 Å². The van der Waals surface area contributed by atoms with Crippen LogP contribution in [-0.4, -0.2) is 5.78 Å². The van der Waals surface area contributed by atoms with Crippen LogP contribution in [0.2, 0.25) is 0 Å². The molecule has 1 atom stereocenters. The van der Waals surface area contributed by atoms with Crippen molar-refractivity contribution >= 4 is 5.78 Å². The van der Waals surface area contributed by atoms with Gasteiger partial charge in [0.25, 0.3) is 0 Å². The molecular weight excluding hydrogens is 196 g/mol. The van der Waals surface area contributed by atoms with Gasteiger partial charge in [0.05, 0.1) is 0 Å². The second-order valence-electron chi connectivity index (χ2n) is 5.68. The summed E-state index contributed by atoms with van der Waals surface area (Å²) in [6.45, 7) is 4.41. The van der Waals surface area contributed by atoms with Gasteiger partial charge in [-0.1, -0.05) is 58.8 Å². The van der Waals surface area contributed by atoms with Gasteiger partial charge in [-0.25, -0.2) is 0 Å². The summed E-state index contributed by atoms with van der Waals surface area (Å²) in [6, 6.07) is 0. The standard InChI is InChI=1S/C15H28O/c1-13(2)14-11-9-7-5-3-4-6-8-10-12-15(14)16/h13-14H,3-12H2,1-2H3. The van der Waals surface area contributed by atoms with Crippen LogP contribution < -0.4 is 0 Å². The molecule has 0 bridgehead atoms. The molecule has 0 radical (unpaired) electrons. The zero-order chi connectivity index (χ0) is 11.8. The van der Waals surface area contributed by atoms with Crippen LogP contribution in [0.1, 0.15) is 78.1 Å². The minimum absolute atomic E-state index is 0.347. The second-order valence-corrected chi connectivity index (χ2v) is 5.68. The summed E-state index contributed by atoms with van der Waals surface area (Å²) in [5, 5.41) is 0. The fourth-order valence-electron chi connectivity index (χ4n) is 2.78. The first-order valence-electron chi connectivity index (χ1n) is 7.24. The number of hydrogen-bond donors (Lipinski definition) is 0. The third kappa shape index (κ3) is 5.14. The maximum Gasteiger partial charge on any atom is 0.136 e. The first kappa shape index (κ1) is 13.7. The van der Waals surface area contributed by atoms with E-state index in [-0.39, 0.29) is 0 Å². The fourth-order valence-corrected chi connectivity index (χ4v) is 2.78. The molecule has 16 heavy (non-hydrogen) atoms. The quantitative estimate of drug-likeness (QED) is 0.628. The minimum atomic E-state index is 0.347. The highest BCUT2D eigenvalue weighted by Crippen LogP contribution is 2.24. The van der Waals surface area contributed by atoms with Gasteiger partial charge in [0.1, 0.15) is 5.78 Å². The van der Waals surface area contributed by atoms with Gasteiger partial charge < -0.3 is 0 Å². The van der Waals surface area contributed by atoms with Gasteiger partial charge in [-0.15, -0.1) is 0 Å². The van der Waals surface area contributed by atoms with Crippen molar-refractivity contribution in [2.45, 2.75) is 78.1 Å².